The van der Waals surface area contributed by atoms with Gasteiger partial charge in [0.05, 0.1) is 0 Å². The minimum atomic E-state index is -0.329. The quantitative estimate of drug-likeness (QED) is 0.697. The van der Waals surface area contributed by atoms with E-state index in [-0.39, 0.29) is 10.7 Å². The first-order valence-corrected chi connectivity index (χ1v) is 5.36. The Kier molecular flexibility index (Phi) is 3.45. The van der Waals surface area contributed by atoms with Gasteiger partial charge in [-0.3, -0.25) is 4.79 Å². The summed E-state index contributed by atoms with van der Waals surface area (Å²) in [5.74, 6) is 0. The molecule has 82 valence electrons. The Labute approximate surface area is 96.5 Å². The number of carbonyl (C=O) groups excluding carboxylic acids is 1. The van der Waals surface area contributed by atoms with Gasteiger partial charge >= 0.3 is 0 Å². The van der Waals surface area contributed by atoms with E-state index in [1.54, 1.807) is 0 Å². The van der Waals surface area contributed by atoms with Gasteiger partial charge in [-0.2, -0.15) is 0 Å². The molecule has 0 heterocycles. The highest BCUT2D eigenvalue weighted by atomic mass is 32.1. The van der Waals surface area contributed by atoms with Crippen LogP contribution in [-0.4, -0.2) is 5.24 Å². The molecule has 0 radical (unpaired) electrons. The molecular formula is C12H17NOS. The van der Waals surface area contributed by atoms with Crippen molar-refractivity contribution < 1.29 is 4.79 Å². The Morgan fingerprint density at radius 1 is 1.33 bits per heavy atom. The summed E-state index contributed by atoms with van der Waals surface area (Å²) in [6.45, 7) is 8.39. The predicted octanol–water partition coefficient (Wildman–Crippen LogP) is 3.75. The Morgan fingerprint density at radius 2 is 1.93 bits per heavy atom. The monoisotopic (exact) mass is 223 g/mol. The molecule has 3 heteroatoms. The third-order valence-electron chi connectivity index (χ3n) is 2.35. The van der Waals surface area contributed by atoms with Gasteiger partial charge in [-0.15, -0.1) is 0 Å². The molecule has 1 amide bonds. The number of aryl methyl sites for hydroxylation is 1. The normalized spacial score (nSPS) is 11.3. The minimum Gasteiger partial charge on any atom is -0.317 e. The maximum atomic E-state index is 10.9. The molecule has 1 rings (SSSR count). The Balaban J connectivity index is 3.11. The van der Waals surface area contributed by atoms with Crippen LogP contribution in [0.15, 0.2) is 18.2 Å². The van der Waals surface area contributed by atoms with E-state index < -0.39 is 0 Å². The van der Waals surface area contributed by atoms with Crippen LogP contribution >= 0.6 is 12.6 Å². The molecule has 0 atom stereocenters. The lowest BCUT2D eigenvalue weighted by Gasteiger charge is -2.20. The van der Waals surface area contributed by atoms with Crippen molar-refractivity contribution >= 4 is 23.6 Å². The van der Waals surface area contributed by atoms with Gasteiger partial charge in [0.25, 0.3) is 5.24 Å². The number of nitrogens with one attached hydrogen (secondary N) is 1. The average molecular weight is 223 g/mol. The molecule has 0 bridgehead atoms. The number of rotatable bonds is 1. The second-order valence-electron chi connectivity index (χ2n) is 4.71. The van der Waals surface area contributed by atoms with Gasteiger partial charge in [-0.1, -0.05) is 45.5 Å². The molecule has 0 aliphatic carbocycles. The van der Waals surface area contributed by atoms with Crippen molar-refractivity contribution in [3.8, 4) is 0 Å². The maximum absolute atomic E-state index is 10.9. The molecular weight excluding hydrogens is 206 g/mol. The minimum absolute atomic E-state index is 0.0871. The molecule has 0 fully saturated rings. The van der Waals surface area contributed by atoms with Gasteiger partial charge < -0.3 is 5.32 Å². The van der Waals surface area contributed by atoms with Crippen LogP contribution in [0.4, 0.5) is 10.5 Å². The number of thiol groups is 1. The zero-order valence-corrected chi connectivity index (χ0v) is 10.5. The molecule has 15 heavy (non-hydrogen) atoms. The van der Waals surface area contributed by atoms with E-state index in [0.717, 1.165) is 11.3 Å². The number of hydrogen-bond donors (Lipinski definition) is 2. The van der Waals surface area contributed by atoms with Crippen molar-refractivity contribution in [1.29, 1.82) is 0 Å². The van der Waals surface area contributed by atoms with E-state index in [2.05, 4.69) is 44.8 Å². The summed E-state index contributed by atoms with van der Waals surface area (Å²) in [6, 6.07) is 6.10. The summed E-state index contributed by atoms with van der Waals surface area (Å²) < 4.78 is 0. The molecule has 0 saturated carbocycles. The van der Waals surface area contributed by atoms with E-state index in [4.69, 9.17) is 0 Å². The maximum Gasteiger partial charge on any atom is 0.280 e. The molecule has 0 spiro atoms. The largest absolute Gasteiger partial charge is 0.317 e. The summed E-state index contributed by atoms with van der Waals surface area (Å²) in [7, 11) is 0. The second kappa shape index (κ2) is 4.27. The molecule has 0 unspecified atom stereocenters. The van der Waals surface area contributed by atoms with Crippen molar-refractivity contribution in [1.82, 2.24) is 0 Å². The molecule has 0 saturated heterocycles. The fourth-order valence-corrected chi connectivity index (χ4v) is 1.46. The van der Waals surface area contributed by atoms with Gasteiger partial charge in [-0.05, 0) is 29.5 Å². The average Bonchev–Trinajstić information content (AvgIpc) is 2.06. The van der Waals surface area contributed by atoms with Gasteiger partial charge in [0.15, 0.2) is 0 Å². The first-order valence-electron chi connectivity index (χ1n) is 4.92. The van der Waals surface area contributed by atoms with Crippen LogP contribution in [-0.2, 0) is 5.41 Å². The fourth-order valence-electron chi connectivity index (χ4n) is 1.34. The van der Waals surface area contributed by atoms with E-state index in [9.17, 15) is 4.79 Å². The molecule has 0 aliphatic rings. The van der Waals surface area contributed by atoms with Crippen molar-refractivity contribution in [2.45, 2.75) is 33.1 Å². The van der Waals surface area contributed by atoms with Crippen molar-refractivity contribution in [2.24, 2.45) is 0 Å². The molecule has 1 N–H and O–H groups in total. The van der Waals surface area contributed by atoms with Crippen molar-refractivity contribution in [3.05, 3.63) is 29.3 Å². The van der Waals surface area contributed by atoms with Crippen LogP contribution in [0.2, 0.25) is 0 Å². The molecule has 0 aliphatic heterocycles. The summed E-state index contributed by atoms with van der Waals surface area (Å²) in [5.41, 5.74) is 3.17. The van der Waals surface area contributed by atoms with Gasteiger partial charge in [0.1, 0.15) is 0 Å². The first-order chi connectivity index (χ1) is 6.80. The zero-order chi connectivity index (χ0) is 11.6. The van der Waals surface area contributed by atoms with Crippen LogP contribution < -0.4 is 5.32 Å². The van der Waals surface area contributed by atoms with Crippen molar-refractivity contribution in [2.75, 3.05) is 5.32 Å². The first kappa shape index (κ1) is 12.1. The number of hydrogen-bond acceptors (Lipinski definition) is 1. The lowest BCUT2D eigenvalue weighted by Crippen LogP contribution is -2.12. The SMILES string of the molecule is Cc1ccc(C(C)(C)C)cc1NC(=O)S. The number of amides is 1. The molecule has 1 aromatic rings. The lowest BCUT2D eigenvalue weighted by atomic mass is 9.86. The lowest BCUT2D eigenvalue weighted by molar-refractivity contribution is 0.270. The van der Waals surface area contributed by atoms with Crippen LogP contribution in [0.1, 0.15) is 31.9 Å². The third-order valence-corrected chi connectivity index (χ3v) is 2.46. The van der Waals surface area contributed by atoms with E-state index >= 15 is 0 Å². The Hall–Kier alpha value is -0.960. The number of benzene rings is 1. The number of carbonyl (C=O) groups is 1. The van der Waals surface area contributed by atoms with Gasteiger partial charge in [-0.25, -0.2) is 0 Å². The summed E-state index contributed by atoms with van der Waals surface area (Å²) in [5, 5.41) is 2.38. The van der Waals surface area contributed by atoms with Crippen LogP contribution in [0, 0.1) is 6.92 Å². The van der Waals surface area contributed by atoms with Crippen LogP contribution in [0.3, 0.4) is 0 Å². The van der Waals surface area contributed by atoms with Gasteiger partial charge in [0, 0.05) is 5.69 Å². The third kappa shape index (κ3) is 3.27. The zero-order valence-electron chi connectivity index (χ0n) is 9.59. The summed E-state index contributed by atoms with van der Waals surface area (Å²) >= 11 is 3.71. The van der Waals surface area contributed by atoms with Crippen LogP contribution in [0.25, 0.3) is 0 Å². The highest BCUT2D eigenvalue weighted by molar-refractivity contribution is 7.96. The van der Waals surface area contributed by atoms with Gasteiger partial charge in [0.2, 0.25) is 0 Å². The smallest absolute Gasteiger partial charge is 0.280 e. The topological polar surface area (TPSA) is 29.1 Å². The van der Waals surface area contributed by atoms with E-state index in [0.29, 0.717) is 0 Å². The summed E-state index contributed by atoms with van der Waals surface area (Å²) in [4.78, 5) is 10.9. The molecule has 1 aromatic carbocycles. The fraction of sp³-hybridized carbons (Fsp3) is 0.417. The van der Waals surface area contributed by atoms with E-state index in [1.807, 2.05) is 19.1 Å². The van der Waals surface area contributed by atoms with E-state index in [1.165, 1.54) is 5.56 Å². The Bertz CT molecular complexity index is 380. The highest BCUT2D eigenvalue weighted by Crippen LogP contribution is 2.26. The predicted molar refractivity (Wildman–Crippen MR) is 67.9 cm³/mol. The standard InChI is InChI=1S/C12H17NOS/c1-8-5-6-9(12(2,3)4)7-10(8)13-11(14)15/h5-7H,1-4H3,(H2,13,14,15). The Morgan fingerprint density at radius 3 is 2.40 bits per heavy atom. The number of anilines is 1. The molecule has 0 aromatic heterocycles. The van der Waals surface area contributed by atoms with Crippen molar-refractivity contribution in [3.63, 3.8) is 0 Å². The highest BCUT2D eigenvalue weighted by Gasteiger charge is 2.14. The molecule has 2 nitrogen and oxygen atoms in total. The second-order valence-corrected chi connectivity index (χ2v) is 5.12. The summed E-state index contributed by atoms with van der Waals surface area (Å²) in [6.07, 6.45) is 0. The van der Waals surface area contributed by atoms with Crippen LogP contribution in [0.5, 0.6) is 0 Å².